The van der Waals surface area contributed by atoms with Crippen molar-refractivity contribution in [2.75, 3.05) is 7.11 Å². The fourth-order valence-corrected chi connectivity index (χ4v) is 3.07. The molecule has 0 aliphatic rings. The van der Waals surface area contributed by atoms with Gasteiger partial charge in [0.05, 0.1) is 27.8 Å². The van der Waals surface area contributed by atoms with E-state index >= 15 is 0 Å². The Labute approximate surface area is 141 Å². The lowest BCUT2D eigenvalue weighted by Gasteiger charge is -2.02. The molecule has 0 aliphatic heterocycles. The van der Waals surface area contributed by atoms with E-state index in [0.717, 1.165) is 10.3 Å². The molecule has 0 N–H and O–H groups in total. The number of esters is 1. The number of rotatable bonds is 4. The number of carbonyl (C=O) groups excluding carboxylic acids is 1. The van der Waals surface area contributed by atoms with Crippen LogP contribution in [0.5, 0.6) is 0 Å². The van der Waals surface area contributed by atoms with E-state index < -0.39 is 10.9 Å². The largest absolute Gasteiger partial charge is 0.465 e. The molecular weight excluding hydrogens is 328 g/mol. The second-order valence-corrected chi connectivity index (χ2v) is 5.94. The second kappa shape index (κ2) is 6.59. The maximum atomic E-state index is 11.8. The Morgan fingerprint density at radius 3 is 2.79 bits per heavy atom. The van der Waals surface area contributed by atoms with Gasteiger partial charge < -0.3 is 4.74 Å². The number of benzene rings is 2. The Morgan fingerprint density at radius 2 is 2.04 bits per heavy atom. The second-order valence-electron chi connectivity index (χ2n) is 4.87. The van der Waals surface area contributed by atoms with Crippen molar-refractivity contribution in [3.63, 3.8) is 0 Å². The summed E-state index contributed by atoms with van der Waals surface area (Å²) in [6.07, 6.45) is 3.55. The molecule has 3 rings (SSSR count). The number of hydrogen-bond donors (Lipinski definition) is 0. The summed E-state index contributed by atoms with van der Waals surface area (Å²) in [5, 5.41) is 11.5. The molecular formula is C17H12N2O4S. The van der Waals surface area contributed by atoms with Crippen molar-refractivity contribution in [2.45, 2.75) is 0 Å². The number of aromatic nitrogens is 1. The zero-order chi connectivity index (χ0) is 17.1. The first-order valence-corrected chi connectivity index (χ1v) is 7.80. The van der Waals surface area contributed by atoms with Gasteiger partial charge in [0.25, 0.3) is 5.69 Å². The number of non-ortho nitro benzene ring substituents is 1. The van der Waals surface area contributed by atoms with Crippen LogP contribution < -0.4 is 0 Å². The van der Waals surface area contributed by atoms with Gasteiger partial charge >= 0.3 is 5.97 Å². The summed E-state index contributed by atoms with van der Waals surface area (Å²) < 4.78 is 5.63. The quantitative estimate of drug-likeness (QED) is 0.404. The van der Waals surface area contributed by atoms with Crippen LogP contribution in [-0.4, -0.2) is 23.0 Å². The predicted molar refractivity (Wildman–Crippen MR) is 93.0 cm³/mol. The highest BCUT2D eigenvalue weighted by Crippen LogP contribution is 2.27. The minimum absolute atomic E-state index is 0.0133. The third kappa shape index (κ3) is 3.16. The van der Waals surface area contributed by atoms with Crippen LogP contribution in [0.1, 0.15) is 20.9 Å². The van der Waals surface area contributed by atoms with Gasteiger partial charge in [-0.15, -0.1) is 11.3 Å². The van der Waals surface area contributed by atoms with E-state index in [1.54, 1.807) is 36.4 Å². The lowest BCUT2D eigenvalue weighted by Crippen LogP contribution is -2.02. The molecule has 0 spiro atoms. The molecule has 0 amide bonds. The van der Waals surface area contributed by atoms with Crippen LogP contribution in [0.2, 0.25) is 0 Å². The summed E-state index contributed by atoms with van der Waals surface area (Å²) in [5.41, 5.74) is 1.78. The zero-order valence-corrected chi connectivity index (χ0v) is 13.4. The lowest BCUT2D eigenvalue weighted by molar-refractivity contribution is -0.384. The summed E-state index contributed by atoms with van der Waals surface area (Å²) in [6.45, 7) is 0. The zero-order valence-electron chi connectivity index (χ0n) is 12.6. The molecule has 0 unspecified atom stereocenters. The van der Waals surface area contributed by atoms with Crippen LogP contribution in [0, 0.1) is 10.1 Å². The van der Waals surface area contributed by atoms with E-state index in [4.69, 9.17) is 4.74 Å². The number of methoxy groups -OCH3 is 1. The van der Waals surface area contributed by atoms with Gasteiger partial charge in [-0.25, -0.2) is 9.78 Å². The van der Waals surface area contributed by atoms with Gasteiger partial charge in [0, 0.05) is 12.1 Å². The number of nitro benzene ring substituents is 1. The highest BCUT2D eigenvalue weighted by atomic mass is 32.1. The van der Waals surface area contributed by atoms with Crippen LogP contribution in [-0.2, 0) is 4.74 Å². The van der Waals surface area contributed by atoms with E-state index in [-0.39, 0.29) is 5.69 Å². The molecule has 0 bridgehead atoms. The van der Waals surface area contributed by atoms with Crippen molar-refractivity contribution in [3.8, 4) is 0 Å². The van der Waals surface area contributed by atoms with E-state index in [1.807, 2.05) is 6.07 Å². The average Bonchev–Trinajstić information content (AvgIpc) is 3.01. The van der Waals surface area contributed by atoms with Gasteiger partial charge in [-0.05, 0) is 23.8 Å². The highest BCUT2D eigenvalue weighted by Gasteiger charge is 2.10. The molecule has 0 saturated carbocycles. The van der Waals surface area contributed by atoms with Gasteiger partial charge in [-0.1, -0.05) is 24.3 Å². The molecule has 0 fully saturated rings. The van der Waals surface area contributed by atoms with Crippen LogP contribution in [0.15, 0.2) is 42.5 Å². The molecule has 0 atom stereocenters. The number of fused-ring (bicyclic) bond motifs is 1. The van der Waals surface area contributed by atoms with Crippen molar-refractivity contribution in [1.29, 1.82) is 0 Å². The predicted octanol–water partition coefficient (Wildman–Crippen LogP) is 4.16. The summed E-state index contributed by atoms with van der Waals surface area (Å²) in [6, 6.07) is 11.7. The normalized spacial score (nSPS) is 11.0. The Kier molecular flexibility index (Phi) is 4.35. The van der Waals surface area contributed by atoms with Gasteiger partial charge in [-0.2, -0.15) is 0 Å². The minimum atomic E-state index is -0.444. The molecule has 120 valence electrons. The number of carbonyl (C=O) groups is 1. The van der Waals surface area contributed by atoms with Crippen molar-refractivity contribution in [3.05, 3.63) is 68.7 Å². The van der Waals surface area contributed by atoms with Gasteiger partial charge in [0.15, 0.2) is 0 Å². The van der Waals surface area contributed by atoms with Crippen LogP contribution in [0.25, 0.3) is 22.4 Å². The molecule has 0 radical (unpaired) electrons. The number of nitrogens with zero attached hydrogens (tertiary/aromatic N) is 2. The number of nitro groups is 1. The third-order valence-electron chi connectivity index (χ3n) is 3.37. The smallest absolute Gasteiger partial charge is 0.338 e. The monoisotopic (exact) mass is 340 g/mol. The van der Waals surface area contributed by atoms with Crippen LogP contribution >= 0.6 is 11.3 Å². The topological polar surface area (TPSA) is 82.3 Å². The summed E-state index contributed by atoms with van der Waals surface area (Å²) in [4.78, 5) is 26.5. The first-order chi connectivity index (χ1) is 11.6. The number of thiazole rings is 1. The molecule has 24 heavy (non-hydrogen) atoms. The van der Waals surface area contributed by atoms with Crippen LogP contribution in [0.3, 0.4) is 0 Å². The van der Waals surface area contributed by atoms with Gasteiger partial charge in [-0.3, -0.25) is 10.1 Å². The van der Waals surface area contributed by atoms with E-state index in [2.05, 4.69) is 4.98 Å². The van der Waals surface area contributed by atoms with Gasteiger partial charge in [0.2, 0.25) is 0 Å². The van der Waals surface area contributed by atoms with Crippen molar-refractivity contribution in [1.82, 2.24) is 4.98 Å². The van der Waals surface area contributed by atoms with Crippen LogP contribution in [0.4, 0.5) is 5.69 Å². The van der Waals surface area contributed by atoms with E-state index in [1.165, 1.54) is 30.6 Å². The Balaban J connectivity index is 1.94. The Hall–Kier alpha value is -3.06. The maximum absolute atomic E-state index is 11.8. The fraction of sp³-hybridized carbons (Fsp3) is 0.0588. The standard InChI is InChI=1S/C17H12N2O4S/c1-23-17(20)13-5-3-2-4-11(13)6-9-16-18-14-10-12(19(21)22)7-8-15(14)24-16/h2-10H,1H3/b9-6+. The van der Waals surface area contributed by atoms with Crippen molar-refractivity contribution >= 4 is 45.4 Å². The molecule has 6 nitrogen and oxygen atoms in total. The molecule has 0 saturated heterocycles. The summed E-state index contributed by atoms with van der Waals surface area (Å²) in [7, 11) is 1.34. The first-order valence-electron chi connectivity index (χ1n) is 6.99. The van der Waals surface area contributed by atoms with E-state index in [9.17, 15) is 14.9 Å². The SMILES string of the molecule is COC(=O)c1ccccc1/C=C/c1nc2cc([N+](=O)[O-])ccc2s1. The summed E-state index contributed by atoms with van der Waals surface area (Å²) in [5.74, 6) is -0.407. The van der Waals surface area contributed by atoms with Gasteiger partial charge in [0.1, 0.15) is 5.01 Å². The Morgan fingerprint density at radius 1 is 1.25 bits per heavy atom. The molecule has 1 aromatic heterocycles. The Bertz CT molecular complexity index is 962. The molecule has 0 aliphatic carbocycles. The number of hydrogen-bond acceptors (Lipinski definition) is 6. The first kappa shape index (κ1) is 15.8. The summed E-state index contributed by atoms with van der Waals surface area (Å²) >= 11 is 1.42. The van der Waals surface area contributed by atoms with Crippen molar-refractivity contribution < 1.29 is 14.5 Å². The number of ether oxygens (including phenoxy) is 1. The maximum Gasteiger partial charge on any atom is 0.338 e. The van der Waals surface area contributed by atoms with E-state index in [0.29, 0.717) is 16.1 Å². The lowest BCUT2D eigenvalue weighted by atomic mass is 10.1. The van der Waals surface area contributed by atoms with Crippen molar-refractivity contribution in [2.24, 2.45) is 0 Å². The fourth-order valence-electron chi connectivity index (χ4n) is 2.22. The molecule has 7 heteroatoms. The minimum Gasteiger partial charge on any atom is -0.465 e. The highest BCUT2D eigenvalue weighted by molar-refractivity contribution is 7.19. The molecule has 3 aromatic rings. The molecule has 1 heterocycles. The third-order valence-corrected chi connectivity index (χ3v) is 4.37. The average molecular weight is 340 g/mol. The molecule has 2 aromatic carbocycles.